The molecule has 1 aromatic carbocycles. The van der Waals surface area contributed by atoms with E-state index in [-0.39, 0.29) is 11.8 Å². The largest absolute Gasteiger partial charge is 0.383 e. The van der Waals surface area contributed by atoms with Crippen LogP contribution >= 0.6 is 11.6 Å². The first-order valence-electron chi connectivity index (χ1n) is 8.28. The minimum atomic E-state index is 0.0202. The van der Waals surface area contributed by atoms with Gasteiger partial charge < -0.3 is 19.5 Å². The summed E-state index contributed by atoms with van der Waals surface area (Å²) in [5, 5.41) is 7.59. The summed E-state index contributed by atoms with van der Waals surface area (Å²) in [6, 6.07) is 7.78. The molecule has 0 atom stereocenters. The zero-order valence-corrected chi connectivity index (χ0v) is 14.8. The van der Waals surface area contributed by atoms with Gasteiger partial charge in [-0.15, -0.1) is 0 Å². The third-order valence-corrected chi connectivity index (χ3v) is 4.51. The van der Waals surface area contributed by atoms with Gasteiger partial charge in [-0.3, -0.25) is 4.79 Å². The van der Waals surface area contributed by atoms with Crippen molar-refractivity contribution < 1.29 is 14.1 Å². The van der Waals surface area contributed by atoms with Crippen LogP contribution in [0.15, 0.2) is 28.8 Å². The molecule has 134 valence electrons. The molecule has 1 aliphatic heterocycles. The first-order valence-corrected chi connectivity index (χ1v) is 8.66. The van der Waals surface area contributed by atoms with Crippen LogP contribution in [0.5, 0.6) is 0 Å². The second-order valence-corrected chi connectivity index (χ2v) is 6.39. The van der Waals surface area contributed by atoms with Gasteiger partial charge in [0.25, 0.3) is 0 Å². The molecule has 1 aliphatic rings. The molecule has 25 heavy (non-hydrogen) atoms. The van der Waals surface area contributed by atoms with E-state index < -0.39 is 0 Å². The first kappa shape index (κ1) is 17.7. The van der Waals surface area contributed by atoms with Gasteiger partial charge >= 0.3 is 6.01 Å². The van der Waals surface area contributed by atoms with Crippen LogP contribution in [0, 0.1) is 5.92 Å². The lowest BCUT2D eigenvalue weighted by molar-refractivity contribution is -0.125. The smallest absolute Gasteiger partial charge is 0.324 e. The maximum atomic E-state index is 12.1. The molecule has 1 fully saturated rings. The zero-order chi connectivity index (χ0) is 17.6. The molecule has 0 radical (unpaired) electrons. The Balaban J connectivity index is 1.55. The van der Waals surface area contributed by atoms with Gasteiger partial charge in [-0.05, 0) is 37.1 Å². The van der Waals surface area contributed by atoms with Crippen LogP contribution in [0.4, 0.5) is 6.01 Å². The topological polar surface area (TPSA) is 80.5 Å². The predicted molar refractivity (Wildman–Crippen MR) is 94.6 cm³/mol. The summed E-state index contributed by atoms with van der Waals surface area (Å²) in [7, 11) is 1.62. The molecule has 0 saturated carbocycles. The van der Waals surface area contributed by atoms with E-state index in [4.69, 9.17) is 20.9 Å². The van der Waals surface area contributed by atoms with Gasteiger partial charge in [-0.1, -0.05) is 16.8 Å². The number of amides is 1. The number of carbonyl (C=O) groups excluding carboxylic acids is 1. The fourth-order valence-electron chi connectivity index (χ4n) is 2.81. The van der Waals surface area contributed by atoms with Crippen molar-refractivity contribution in [1.29, 1.82) is 0 Å². The highest BCUT2D eigenvalue weighted by Gasteiger charge is 2.27. The van der Waals surface area contributed by atoms with E-state index in [1.165, 1.54) is 0 Å². The molecule has 1 amide bonds. The summed E-state index contributed by atoms with van der Waals surface area (Å²) in [5.41, 5.74) is 0.854. The molecule has 7 nitrogen and oxygen atoms in total. The number of hydrogen-bond acceptors (Lipinski definition) is 6. The number of carbonyl (C=O) groups is 1. The van der Waals surface area contributed by atoms with Gasteiger partial charge in [0.1, 0.15) is 0 Å². The van der Waals surface area contributed by atoms with Crippen molar-refractivity contribution in [1.82, 2.24) is 15.5 Å². The average molecular weight is 365 g/mol. The normalized spacial score (nSPS) is 15.4. The second-order valence-electron chi connectivity index (χ2n) is 5.95. The van der Waals surface area contributed by atoms with Gasteiger partial charge in [0, 0.05) is 43.2 Å². The highest BCUT2D eigenvalue weighted by Crippen LogP contribution is 2.25. The van der Waals surface area contributed by atoms with Crippen molar-refractivity contribution in [3.05, 3.63) is 29.3 Å². The highest BCUT2D eigenvalue weighted by molar-refractivity contribution is 6.30. The van der Waals surface area contributed by atoms with Crippen molar-refractivity contribution in [3.63, 3.8) is 0 Å². The van der Waals surface area contributed by atoms with Crippen LogP contribution in [0.3, 0.4) is 0 Å². The number of nitrogens with one attached hydrogen (secondary N) is 1. The van der Waals surface area contributed by atoms with Gasteiger partial charge in [0.2, 0.25) is 11.7 Å². The van der Waals surface area contributed by atoms with Crippen LogP contribution in [0.1, 0.15) is 12.8 Å². The van der Waals surface area contributed by atoms with E-state index in [9.17, 15) is 4.79 Å². The van der Waals surface area contributed by atoms with E-state index in [2.05, 4.69) is 15.5 Å². The zero-order valence-electron chi connectivity index (χ0n) is 14.1. The molecule has 0 unspecified atom stereocenters. The van der Waals surface area contributed by atoms with Crippen molar-refractivity contribution in [2.75, 3.05) is 38.3 Å². The number of ether oxygens (including phenoxy) is 1. The van der Waals surface area contributed by atoms with Crippen LogP contribution in [0.2, 0.25) is 5.02 Å². The van der Waals surface area contributed by atoms with Gasteiger partial charge in [-0.25, -0.2) is 0 Å². The average Bonchev–Trinajstić information content (AvgIpc) is 3.13. The third kappa shape index (κ3) is 4.49. The molecular formula is C17H21ClN4O3. The van der Waals surface area contributed by atoms with E-state index in [0.29, 0.717) is 43.1 Å². The number of anilines is 1. The van der Waals surface area contributed by atoms with E-state index in [1.54, 1.807) is 19.2 Å². The minimum absolute atomic E-state index is 0.0202. The number of hydrogen-bond donors (Lipinski definition) is 1. The minimum Gasteiger partial charge on any atom is -0.383 e. The molecule has 2 heterocycles. The highest BCUT2D eigenvalue weighted by atomic mass is 35.5. The van der Waals surface area contributed by atoms with Crippen LogP contribution in [-0.4, -0.2) is 49.4 Å². The van der Waals surface area contributed by atoms with E-state index >= 15 is 0 Å². The number of piperidine rings is 1. The van der Waals surface area contributed by atoms with Crippen LogP contribution in [0.25, 0.3) is 11.4 Å². The lowest BCUT2D eigenvalue weighted by Crippen LogP contribution is -2.41. The first-order chi connectivity index (χ1) is 12.2. The maximum Gasteiger partial charge on any atom is 0.324 e. The molecule has 0 spiro atoms. The summed E-state index contributed by atoms with van der Waals surface area (Å²) in [4.78, 5) is 18.6. The summed E-state index contributed by atoms with van der Waals surface area (Å²) in [5.74, 6) is 0.641. The van der Waals surface area contributed by atoms with E-state index in [1.807, 2.05) is 17.0 Å². The number of aromatic nitrogens is 2. The Morgan fingerprint density at radius 2 is 2.08 bits per heavy atom. The molecule has 0 bridgehead atoms. The molecular weight excluding hydrogens is 344 g/mol. The molecule has 2 aromatic rings. The molecule has 8 heteroatoms. The number of nitrogens with zero attached hydrogens (tertiary/aromatic N) is 3. The summed E-state index contributed by atoms with van der Waals surface area (Å²) in [6.45, 7) is 2.50. The third-order valence-electron chi connectivity index (χ3n) is 4.26. The molecule has 1 saturated heterocycles. The number of rotatable bonds is 6. The number of halogens is 1. The van der Waals surface area contributed by atoms with Crippen molar-refractivity contribution in [2.45, 2.75) is 12.8 Å². The molecule has 1 N–H and O–H groups in total. The fourth-order valence-corrected chi connectivity index (χ4v) is 2.94. The monoisotopic (exact) mass is 364 g/mol. The fraction of sp³-hybridized carbons (Fsp3) is 0.471. The van der Waals surface area contributed by atoms with Crippen molar-refractivity contribution >= 4 is 23.5 Å². The Morgan fingerprint density at radius 1 is 1.36 bits per heavy atom. The van der Waals surface area contributed by atoms with Crippen LogP contribution in [-0.2, 0) is 9.53 Å². The summed E-state index contributed by atoms with van der Waals surface area (Å²) in [6.07, 6.45) is 1.52. The Kier molecular flexibility index (Phi) is 5.88. The Bertz CT molecular complexity index is 696. The van der Waals surface area contributed by atoms with Gasteiger partial charge in [0.05, 0.1) is 6.61 Å². The Morgan fingerprint density at radius 3 is 2.76 bits per heavy atom. The Labute approximate surface area is 151 Å². The molecule has 3 rings (SSSR count). The van der Waals surface area contributed by atoms with Gasteiger partial charge in [0.15, 0.2) is 0 Å². The summed E-state index contributed by atoms with van der Waals surface area (Å²) < 4.78 is 10.3. The summed E-state index contributed by atoms with van der Waals surface area (Å²) >= 11 is 5.89. The lowest BCUT2D eigenvalue weighted by atomic mass is 9.96. The van der Waals surface area contributed by atoms with Crippen molar-refractivity contribution in [2.24, 2.45) is 5.92 Å². The second kappa shape index (κ2) is 8.31. The predicted octanol–water partition coefficient (Wildman–Crippen LogP) is 2.37. The van der Waals surface area contributed by atoms with Crippen molar-refractivity contribution in [3.8, 4) is 11.4 Å². The number of methoxy groups -OCH3 is 1. The standard InChI is InChI=1S/C17H21ClN4O3/c1-24-11-8-19-16(23)13-6-9-22(10-7-13)17-20-15(21-25-17)12-2-4-14(18)5-3-12/h2-5,13H,6-11H2,1H3,(H,19,23). The SMILES string of the molecule is COCCNC(=O)C1CCN(c2nc(-c3ccc(Cl)cc3)no2)CC1. The molecule has 1 aromatic heterocycles. The maximum absolute atomic E-state index is 12.1. The lowest BCUT2D eigenvalue weighted by Gasteiger charge is -2.29. The van der Waals surface area contributed by atoms with Crippen LogP contribution < -0.4 is 10.2 Å². The molecule has 0 aliphatic carbocycles. The Hall–Kier alpha value is -2.12. The quantitative estimate of drug-likeness (QED) is 0.792. The number of benzene rings is 1. The van der Waals surface area contributed by atoms with E-state index in [0.717, 1.165) is 18.4 Å². The van der Waals surface area contributed by atoms with Gasteiger partial charge in [-0.2, -0.15) is 4.98 Å².